The van der Waals surface area contributed by atoms with E-state index in [1.165, 1.54) is 32.1 Å². The average molecular weight is 328 g/mol. The first-order valence-corrected chi connectivity index (χ1v) is 7.85. The summed E-state index contributed by atoms with van der Waals surface area (Å²) in [5.74, 6) is 0.322. The molecule has 1 aliphatic carbocycles. The van der Waals surface area contributed by atoms with Crippen molar-refractivity contribution in [3.8, 4) is 5.75 Å². The van der Waals surface area contributed by atoms with Crippen molar-refractivity contribution in [1.82, 2.24) is 5.32 Å². The van der Waals surface area contributed by atoms with Crippen LogP contribution < -0.4 is 5.32 Å². The first-order chi connectivity index (χ1) is 9.27. The molecule has 0 aliphatic heterocycles. The second kappa shape index (κ2) is 7.88. The summed E-state index contributed by atoms with van der Waals surface area (Å²) in [4.78, 5) is 0. The standard InChI is InChI=1S/C15H22BrNO2/c16-14-8-4-5-12(15(14)18)11-17-9-10-19-13-6-2-1-3-7-13/h4-5,8,13,17-18H,1-3,6-7,9-11H2. The minimum absolute atomic E-state index is 0.322. The van der Waals surface area contributed by atoms with Crippen molar-refractivity contribution in [2.45, 2.75) is 44.8 Å². The molecule has 0 heterocycles. The van der Waals surface area contributed by atoms with Gasteiger partial charge in [0.1, 0.15) is 5.75 Å². The van der Waals surface area contributed by atoms with Gasteiger partial charge in [0.05, 0.1) is 17.2 Å². The zero-order chi connectivity index (χ0) is 13.5. The smallest absolute Gasteiger partial charge is 0.134 e. The molecule has 0 spiro atoms. The Bertz CT molecular complexity index is 392. The normalized spacial score (nSPS) is 16.7. The summed E-state index contributed by atoms with van der Waals surface area (Å²) in [6.07, 6.45) is 6.88. The molecule has 1 aromatic rings. The van der Waals surface area contributed by atoms with Gasteiger partial charge in [0, 0.05) is 18.7 Å². The summed E-state index contributed by atoms with van der Waals surface area (Å²) >= 11 is 3.32. The first-order valence-electron chi connectivity index (χ1n) is 7.06. The fraction of sp³-hybridized carbons (Fsp3) is 0.600. The van der Waals surface area contributed by atoms with Crippen molar-refractivity contribution in [1.29, 1.82) is 0 Å². The molecule has 2 N–H and O–H groups in total. The van der Waals surface area contributed by atoms with Crippen LogP contribution in [0.5, 0.6) is 5.75 Å². The van der Waals surface area contributed by atoms with Crippen LogP contribution in [0.3, 0.4) is 0 Å². The predicted octanol–water partition coefficient (Wildman–Crippen LogP) is 3.59. The summed E-state index contributed by atoms with van der Waals surface area (Å²) in [7, 11) is 0. The minimum Gasteiger partial charge on any atom is -0.506 e. The summed E-state index contributed by atoms with van der Waals surface area (Å²) in [6, 6.07) is 5.69. The third-order valence-electron chi connectivity index (χ3n) is 3.57. The molecule has 0 radical (unpaired) electrons. The Kier molecular flexibility index (Phi) is 6.14. The molecule has 1 aliphatic rings. The van der Waals surface area contributed by atoms with Gasteiger partial charge in [-0.2, -0.15) is 0 Å². The van der Waals surface area contributed by atoms with Gasteiger partial charge in [0.15, 0.2) is 0 Å². The lowest BCUT2D eigenvalue weighted by atomic mass is 9.98. The zero-order valence-corrected chi connectivity index (χ0v) is 12.8. The van der Waals surface area contributed by atoms with Crippen LogP contribution >= 0.6 is 15.9 Å². The monoisotopic (exact) mass is 327 g/mol. The molecule has 1 fully saturated rings. The molecule has 3 nitrogen and oxygen atoms in total. The fourth-order valence-corrected chi connectivity index (χ4v) is 2.86. The van der Waals surface area contributed by atoms with Crippen LogP contribution in [0.25, 0.3) is 0 Å². The summed E-state index contributed by atoms with van der Waals surface area (Å²) < 4.78 is 6.58. The van der Waals surface area contributed by atoms with E-state index < -0.39 is 0 Å². The third-order valence-corrected chi connectivity index (χ3v) is 4.21. The van der Waals surface area contributed by atoms with Gasteiger partial charge in [-0.1, -0.05) is 31.4 Å². The zero-order valence-electron chi connectivity index (χ0n) is 11.2. The molecule has 1 aromatic carbocycles. The van der Waals surface area contributed by atoms with Crippen molar-refractivity contribution in [2.75, 3.05) is 13.2 Å². The van der Waals surface area contributed by atoms with E-state index in [1.807, 2.05) is 18.2 Å². The van der Waals surface area contributed by atoms with E-state index in [4.69, 9.17) is 4.74 Å². The molecule has 0 bridgehead atoms. The highest BCUT2D eigenvalue weighted by molar-refractivity contribution is 9.10. The number of phenols is 1. The summed E-state index contributed by atoms with van der Waals surface area (Å²) in [5.41, 5.74) is 0.909. The van der Waals surface area contributed by atoms with Crippen LogP contribution in [-0.4, -0.2) is 24.4 Å². The third kappa shape index (κ3) is 4.79. The Hall–Kier alpha value is -0.580. The van der Waals surface area contributed by atoms with E-state index in [0.717, 1.165) is 23.2 Å². The van der Waals surface area contributed by atoms with Crippen molar-refractivity contribution in [3.05, 3.63) is 28.2 Å². The molecule has 0 atom stereocenters. The van der Waals surface area contributed by atoms with E-state index in [9.17, 15) is 5.11 Å². The molecule has 2 rings (SSSR count). The maximum absolute atomic E-state index is 9.84. The number of para-hydroxylation sites is 1. The molecule has 0 unspecified atom stereocenters. The minimum atomic E-state index is 0.322. The van der Waals surface area contributed by atoms with E-state index in [0.29, 0.717) is 18.4 Å². The molecule has 4 heteroatoms. The van der Waals surface area contributed by atoms with Crippen molar-refractivity contribution in [3.63, 3.8) is 0 Å². The van der Waals surface area contributed by atoms with Crippen molar-refractivity contribution >= 4 is 15.9 Å². The topological polar surface area (TPSA) is 41.5 Å². The highest BCUT2D eigenvalue weighted by Crippen LogP contribution is 2.27. The molecular formula is C15H22BrNO2. The van der Waals surface area contributed by atoms with E-state index in [2.05, 4.69) is 21.2 Å². The lowest BCUT2D eigenvalue weighted by molar-refractivity contribution is 0.0302. The Morgan fingerprint density at radius 2 is 2.05 bits per heavy atom. The highest BCUT2D eigenvalue weighted by atomic mass is 79.9. The second-order valence-corrected chi connectivity index (χ2v) is 5.91. The van der Waals surface area contributed by atoms with Crippen LogP contribution in [0, 0.1) is 0 Å². The fourth-order valence-electron chi connectivity index (χ4n) is 2.46. The number of hydrogen-bond acceptors (Lipinski definition) is 3. The molecule has 1 saturated carbocycles. The molecule has 0 amide bonds. The SMILES string of the molecule is Oc1c(Br)cccc1CNCCOC1CCCCC1. The first kappa shape index (κ1) is 14.8. The van der Waals surface area contributed by atoms with Gasteiger partial charge >= 0.3 is 0 Å². The lowest BCUT2D eigenvalue weighted by Gasteiger charge is -2.22. The maximum Gasteiger partial charge on any atom is 0.134 e. The van der Waals surface area contributed by atoms with E-state index in [1.54, 1.807) is 0 Å². The Balaban J connectivity index is 1.62. The number of nitrogens with one attached hydrogen (secondary N) is 1. The van der Waals surface area contributed by atoms with Gasteiger partial charge in [-0.25, -0.2) is 0 Å². The summed E-state index contributed by atoms with van der Waals surface area (Å²) in [5, 5.41) is 13.1. The van der Waals surface area contributed by atoms with Gasteiger partial charge in [-0.3, -0.25) is 0 Å². The highest BCUT2D eigenvalue weighted by Gasteiger charge is 2.13. The van der Waals surface area contributed by atoms with Crippen LogP contribution in [0.1, 0.15) is 37.7 Å². The number of rotatable bonds is 6. The van der Waals surface area contributed by atoms with Crippen LogP contribution in [0.4, 0.5) is 0 Å². The van der Waals surface area contributed by atoms with Gasteiger partial charge in [0.2, 0.25) is 0 Å². The van der Waals surface area contributed by atoms with E-state index >= 15 is 0 Å². The number of phenolic OH excluding ortho intramolecular Hbond substituents is 1. The van der Waals surface area contributed by atoms with Crippen LogP contribution in [0.2, 0.25) is 0 Å². The van der Waals surface area contributed by atoms with Crippen LogP contribution in [0.15, 0.2) is 22.7 Å². The van der Waals surface area contributed by atoms with Crippen molar-refractivity contribution < 1.29 is 9.84 Å². The maximum atomic E-state index is 9.84. The van der Waals surface area contributed by atoms with Crippen LogP contribution in [-0.2, 0) is 11.3 Å². The number of hydrogen-bond donors (Lipinski definition) is 2. The Labute approximate surface area is 123 Å². The Morgan fingerprint density at radius 1 is 1.26 bits per heavy atom. The molecular weight excluding hydrogens is 306 g/mol. The van der Waals surface area contributed by atoms with Gasteiger partial charge in [-0.05, 0) is 34.8 Å². The van der Waals surface area contributed by atoms with Gasteiger partial charge in [0.25, 0.3) is 0 Å². The van der Waals surface area contributed by atoms with E-state index in [-0.39, 0.29) is 0 Å². The summed E-state index contributed by atoms with van der Waals surface area (Å²) in [6.45, 7) is 2.24. The second-order valence-electron chi connectivity index (χ2n) is 5.06. The number of halogens is 1. The number of benzene rings is 1. The molecule has 106 valence electrons. The van der Waals surface area contributed by atoms with Gasteiger partial charge in [-0.15, -0.1) is 0 Å². The quantitative estimate of drug-likeness (QED) is 0.784. The molecule has 19 heavy (non-hydrogen) atoms. The average Bonchev–Trinajstić information content (AvgIpc) is 2.44. The lowest BCUT2D eigenvalue weighted by Crippen LogP contribution is -2.24. The number of ether oxygens (including phenoxy) is 1. The van der Waals surface area contributed by atoms with Crippen molar-refractivity contribution in [2.24, 2.45) is 0 Å². The molecule has 0 saturated heterocycles. The number of aromatic hydroxyl groups is 1. The molecule has 0 aromatic heterocycles. The van der Waals surface area contributed by atoms with Gasteiger partial charge < -0.3 is 15.2 Å². The predicted molar refractivity (Wildman–Crippen MR) is 80.3 cm³/mol. The Morgan fingerprint density at radius 3 is 2.84 bits per heavy atom. The largest absolute Gasteiger partial charge is 0.506 e.